The predicted molar refractivity (Wildman–Crippen MR) is 125 cm³/mol. The molecule has 1 N–H and O–H groups in total. The van der Waals surface area contributed by atoms with E-state index in [1.54, 1.807) is 19.1 Å². The summed E-state index contributed by atoms with van der Waals surface area (Å²) in [5.41, 5.74) is 1.60. The minimum atomic E-state index is -3.91. The van der Waals surface area contributed by atoms with Crippen molar-refractivity contribution in [2.45, 2.75) is 44.0 Å². The molecule has 0 fully saturated rings. The highest BCUT2D eigenvalue weighted by Crippen LogP contribution is 2.36. The van der Waals surface area contributed by atoms with Gasteiger partial charge in [-0.3, -0.25) is 13.9 Å². The molecule has 0 aliphatic carbocycles. The monoisotopic (exact) mass is 488 g/mol. The SMILES string of the molecule is CCOC(=O)CCCNC(=O)COC(=O)c1cccc(S(=O)(=O)N2c3ccccc3C[C@H]2C)c1. The van der Waals surface area contributed by atoms with Crippen LogP contribution in [0.25, 0.3) is 0 Å². The zero-order chi connectivity index (χ0) is 24.7. The van der Waals surface area contributed by atoms with Gasteiger partial charge in [-0.1, -0.05) is 24.3 Å². The van der Waals surface area contributed by atoms with E-state index in [1.807, 2.05) is 19.1 Å². The van der Waals surface area contributed by atoms with E-state index in [9.17, 15) is 22.8 Å². The van der Waals surface area contributed by atoms with Gasteiger partial charge in [0.1, 0.15) is 0 Å². The van der Waals surface area contributed by atoms with Crippen LogP contribution in [0, 0.1) is 0 Å². The second-order valence-electron chi connectivity index (χ2n) is 7.85. The van der Waals surface area contributed by atoms with Crippen LogP contribution in [-0.4, -0.2) is 52.1 Å². The van der Waals surface area contributed by atoms with E-state index >= 15 is 0 Å². The van der Waals surface area contributed by atoms with Gasteiger partial charge in [-0.15, -0.1) is 0 Å². The summed E-state index contributed by atoms with van der Waals surface area (Å²) in [6, 6.07) is 12.6. The van der Waals surface area contributed by atoms with Crippen LogP contribution in [0.4, 0.5) is 5.69 Å². The summed E-state index contributed by atoms with van der Waals surface area (Å²) in [5.74, 6) is -1.68. The second-order valence-corrected chi connectivity index (χ2v) is 9.66. The van der Waals surface area contributed by atoms with Gasteiger partial charge in [0.05, 0.1) is 22.8 Å². The first-order valence-corrected chi connectivity index (χ1v) is 12.5. The number of benzene rings is 2. The van der Waals surface area contributed by atoms with Crippen LogP contribution in [0.5, 0.6) is 0 Å². The minimum absolute atomic E-state index is 0.0244. The average Bonchev–Trinajstić information content (AvgIpc) is 3.17. The molecule has 182 valence electrons. The van der Waals surface area contributed by atoms with Gasteiger partial charge >= 0.3 is 11.9 Å². The van der Waals surface area contributed by atoms with Crippen LogP contribution in [0.1, 0.15) is 42.6 Å². The number of carbonyl (C=O) groups excluding carboxylic acids is 3. The number of ether oxygens (including phenoxy) is 2. The topological polar surface area (TPSA) is 119 Å². The number of fused-ring (bicyclic) bond motifs is 1. The van der Waals surface area contributed by atoms with Crippen LogP contribution in [-0.2, 0) is 35.5 Å². The Labute approximate surface area is 199 Å². The molecule has 1 aliphatic rings. The lowest BCUT2D eigenvalue weighted by Gasteiger charge is -2.24. The summed E-state index contributed by atoms with van der Waals surface area (Å²) < 4.78 is 37.9. The normalized spacial score (nSPS) is 14.9. The molecule has 1 aliphatic heterocycles. The van der Waals surface area contributed by atoms with E-state index in [2.05, 4.69) is 5.32 Å². The third kappa shape index (κ3) is 5.93. The zero-order valence-corrected chi connectivity index (χ0v) is 20.0. The first-order valence-electron chi connectivity index (χ1n) is 11.1. The number of carbonyl (C=O) groups is 3. The highest BCUT2D eigenvalue weighted by molar-refractivity contribution is 7.92. The predicted octanol–water partition coefficient (Wildman–Crippen LogP) is 2.44. The molecule has 2 aromatic rings. The molecule has 0 aromatic heterocycles. The lowest BCUT2D eigenvalue weighted by Crippen LogP contribution is -2.35. The van der Waals surface area contributed by atoms with Crippen LogP contribution < -0.4 is 9.62 Å². The average molecular weight is 489 g/mol. The van der Waals surface area contributed by atoms with Gasteiger partial charge < -0.3 is 14.8 Å². The second kappa shape index (κ2) is 11.1. The van der Waals surface area contributed by atoms with Crippen molar-refractivity contribution in [3.05, 3.63) is 59.7 Å². The number of nitrogens with zero attached hydrogens (tertiary/aromatic N) is 1. The number of hydrogen-bond donors (Lipinski definition) is 1. The Morgan fingerprint density at radius 1 is 1.09 bits per heavy atom. The van der Waals surface area contributed by atoms with Gasteiger partial charge in [0, 0.05) is 19.0 Å². The lowest BCUT2D eigenvalue weighted by atomic mass is 10.1. The fourth-order valence-corrected chi connectivity index (χ4v) is 5.50. The molecule has 0 saturated carbocycles. The smallest absolute Gasteiger partial charge is 0.338 e. The largest absolute Gasteiger partial charge is 0.466 e. The fourth-order valence-electron chi connectivity index (χ4n) is 3.76. The van der Waals surface area contributed by atoms with Gasteiger partial charge in [-0.05, 0) is 56.5 Å². The van der Waals surface area contributed by atoms with Gasteiger partial charge in [0.2, 0.25) is 0 Å². The first kappa shape index (κ1) is 25.2. The van der Waals surface area contributed by atoms with E-state index in [0.717, 1.165) is 5.56 Å². The van der Waals surface area contributed by atoms with Crippen LogP contribution in [0.2, 0.25) is 0 Å². The maximum Gasteiger partial charge on any atom is 0.338 e. The Morgan fingerprint density at radius 3 is 2.62 bits per heavy atom. The number of rotatable bonds is 10. The molecule has 0 spiro atoms. The van der Waals surface area contributed by atoms with E-state index in [-0.39, 0.29) is 35.4 Å². The zero-order valence-electron chi connectivity index (χ0n) is 19.2. The van der Waals surface area contributed by atoms with Crippen molar-refractivity contribution in [2.24, 2.45) is 0 Å². The maximum atomic E-state index is 13.4. The van der Waals surface area contributed by atoms with Crippen molar-refractivity contribution in [3.63, 3.8) is 0 Å². The fraction of sp³-hybridized carbons (Fsp3) is 0.375. The lowest BCUT2D eigenvalue weighted by molar-refractivity contribution is -0.143. The van der Waals surface area contributed by atoms with E-state index < -0.39 is 28.5 Å². The van der Waals surface area contributed by atoms with Gasteiger partial charge in [0.25, 0.3) is 15.9 Å². The molecule has 34 heavy (non-hydrogen) atoms. The van der Waals surface area contributed by atoms with Crippen molar-refractivity contribution >= 4 is 33.6 Å². The van der Waals surface area contributed by atoms with Crippen LogP contribution in [0.3, 0.4) is 0 Å². The highest BCUT2D eigenvalue weighted by atomic mass is 32.2. The first-order chi connectivity index (χ1) is 16.2. The summed E-state index contributed by atoms with van der Waals surface area (Å²) in [4.78, 5) is 35.6. The quantitative estimate of drug-likeness (QED) is 0.403. The van der Waals surface area contributed by atoms with Crippen molar-refractivity contribution in [3.8, 4) is 0 Å². The maximum absolute atomic E-state index is 13.4. The van der Waals surface area contributed by atoms with Gasteiger partial charge in [0.15, 0.2) is 6.61 Å². The number of esters is 2. The summed E-state index contributed by atoms with van der Waals surface area (Å²) in [6.45, 7) is 3.56. The van der Waals surface area contributed by atoms with E-state index in [0.29, 0.717) is 25.1 Å². The van der Waals surface area contributed by atoms with Gasteiger partial charge in [-0.25, -0.2) is 13.2 Å². The van der Waals surface area contributed by atoms with Crippen molar-refractivity contribution in [2.75, 3.05) is 24.1 Å². The molecule has 10 heteroatoms. The summed E-state index contributed by atoms with van der Waals surface area (Å²) >= 11 is 0. The molecule has 2 aromatic carbocycles. The number of para-hydroxylation sites is 1. The summed E-state index contributed by atoms with van der Waals surface area (Å²) in [5, 5.41) is 2.55. The molecule has 0 bridgehead atoms. The third-order valence-electron chi connectivity index (χ3n) is 5.29. The van der Waals surface area contributed by atoms with E-state index in [1.165, 1.54) is 28.6 Å². The van der Waals surface area contributed by atoms with Crippen molar-refractivity contribution < 1.29 is 32.3 Å². The number of sulfonamides is 1. The molecule has 3 rings (SSSR count). The standard InChI is InChI=1S/C24H28N2O7S/c1-3-32-23(28)12-7-13-25-22(27)16-33-24(29)19-9-6-10-20(15-19)34(30,31)26-17(2)14-18-8-4-5-11-21(18)26/h4-6,8-11,15,17H,3,7,12-14,16H2,1-2H3,(H,25,27)/t17-/m1/s1. The Kier molecular flexibility index (Phi) is 8.27. The number of anilines is 1. The third-order valence-corrected chi connectivity index (χ3v) is 7.21. The molecule has 0 unspecified atom stereocenters. The van der Waals surface area contributed by atoms with Crippen molar-refractivity contribution in [1.29, 1.82) is 0 Å². The number of hydrogen-bond acceptors (Lipinski definition) is 7. The van der Waals surface area contributed by atoms with Crippen molar-refractivity contribution in [1.82, 2.24) is 5.32 Å². The highest BCUT2D eigenvalue weighted by Gasteiger charge is 2.36. The Hall–Kier alpha value is -3.40. The Balaban J connectivity index is 1.59. The summed E-state index contributed by atoms with van der Waals surface area (Å²) in [7, 11) is -3.91. The van der Waals surface area contributed by atoms with Crippen LogP contribution in [0.15, 0.2) is 53.4 Å². The summed E-state index contributed by atoms with van der Waals surface area (Å²) in [6.07, 6.45) is 1.18. The van der Waals surface area contributed by atoms with Gasteiger partial charge in [-0.2, -0.15) is 0 Å². The minimum Gasteiger partial charge on any atom is -0.466 e. The molecular formula is C24H28N2O7S. The van der Waals surface area contributed by atoms with Crippen LogP contribution >= 0.6 is 0 Å². The molecule has 1 heterocycles. The number of nitrogens with one attached hydrogen (secondary N) is 1. The molecule has 1 atom stereocenters. The molecule has 0 radical (unpaired) electrons. The molecule has 0 saturated heterocycles. The Morgan fingerprint density at radius 2 is 1.85 bits per heavy atom. The molecule has 1 amide bonds. The van der Waals surface area contributed by atoms with E-state index in [4.69, 9.17) is 9.47 Å². The molecular weight excluding hydrogens is 460 g/mol. The Bertz CT molecular complexity index is 1160. The molecule has 9 nitrogen and oxygen atoms in total. The number of amides is 1.